The van der Waals surface area contributed by atoms with Gasteiger partial charge in [-0.2, -0.15) is 0 Å². The number of anilines is 1. The third-order valence-electron chi connectivity index (χ3n) is 3.12. The van der Waals surface area contributed by atoms with Gasteiger partial charge in [0.2, 0.25) is 0 Å². The molecule has 0 aromatic heterocycles. The first-order valence-corrected chi connectivity index (χ1v) is 6.11. The van der Waals surface area contributed by atoms with Crippen molar-refractivity contribution in [3.05, 3.63) is 29.3 Å². The molecule has 0 fully saturated rings. The van der Waals surface area contributed by atoms with Crippen molar-refractivity contribution in [3.63, 3.8) is 0 Å². The molecule has 2 rings (SSSR count). The number of nitrogens with one attached hydrogen (secondary N) is 1. The number of rotatable bonds is 3. The molecule has 1 aromatic rings. The summed E-state index contributed by atoms with van der Waals surface area (Å²) in [6.45, 7) is 5.72. The SMILES string of the molecule is CC(C)CCc1ccc2c(c1)NCCC2. The van der Waals surface area contributed by atoms with E-state index in [4.69, 9.17) is 0 Å². The first-order valence-electron chi connectivity index (χ1n) is 6.11. The van der Waals surface area contributed by atoms with Gasteiger partial charge in [-0.05, 0) is 48.8 Å². The highest BCUT2D eigenvalue weighted by atomic mass is 14.9. The number of benzene rings is 1. The Labute approximate surface area is 92.9 Å². The summed E-state index contributed by atoms with van der Waals surface area (Å²) in [4.78, 5) is 0. The van der Waals surface area contributed by atoms with Crippen LogP contribution < -0.4 is 5.32 Å². The van der Waals surface area contributed by atoms with Gasteiger partial charge >= 0.3 is 0 Å². The van der Waals surface area contributed by atoms with Gasteiger partial charge in [-0.3, -0.25) is 0 Å². The maximum absolute atomic E-state index is 3.49. The van der Waals surface area contributed by atoms with E-state index in [0.717, 1.165) is 12.5 Å². The second-order valence-corrected chi connectivity index (χ2v) is 4.95. The van der Waals surface area contributed by atoms with Crippen LogP contribution >= 0.6 is 0 Å². The van der Waals surface area contributed by atoms with Crippen LogP contribution in [-0.2, 0) is 12.8 Å². The molecule has 1 nitrogen and oxygen atoms in total. The van der Waals surface area contributed by atoms with Crippen LogP contribution in [0.1, 0.15) is 37.8 Å². The van der Waals surface area contributed by atoms with E-state index in [9.17, 15) is 0 Å². The Morgan fingerprint density at radius 3 is 3.00 bits per heavy atom. The Hall–Kier alpha value is -0.980. The largest absolute Gasteiger partial charge is 0.385 e. The molecule has 0 radical (unpaired) electrons. The van der Waals surface area contributed by atoms with Crippen molar-refractivity contribution in [1.82, 2.24) is 0 Å². The van der Waals surface area contributed by atoms with Crippen LogP contribution in [0.25, 0.3) is 0 Å². The Bertz CT molecular complexity index is 328. The van der Waals surface area contributed by atoms with E-state index in [1.807, 2.05) is 0 Å². The predicted molar refractivity (Wildman–Crippen MR) is 66.4 cm³/mol. The van der Waals surface area contributed by atoms with Gasteiger partial charge in [-0.15, -0.1) is 0 Å². The van der Waals surface area contributed by atoms with Crippen molar-refractivity contribution >= 4 is 5.69 Å². The van der Waals surface area contributed by atoms with Crippen molar-refractivity contribution in [2.75, 3.05) is 11.9 Å². The van der Waals surface area contributed by atoms with Gasteiger partial charge in [0.25, 0.3) is 0 Å². The van der Waals surface area contributed by atoms with Gasteiger partial charge in [0.15, 0.2) is 0 Å². The average molecular weight is 203 g/mol. The lowest BCUT2D eigenvalue weighted by Crippen LogP contribution is -2.11. The van der Waals surface area contributed by atoms with Crippen LogP contribution in [0.3, 0.4) is 0 Å². The highest BCUT2D eigenvalue weighted by Gasteiger charge is 2.08. The van der Waals surface area contributed by atoms with Crippen LogP contribution in [0.2, 0.25) is 0 Å². The fraction of sp³-hybridized carbons (Fsp3) is 0.571. The standard InChI is InChI=1S/C14H21N/c1-11(2)5-6-12-7-8-13-4-3-9-15-14(13)10-12/h7-8,10-11,15H,3-6,9H2,1-2H3. The highest BCUT2D eigenvalue weighted by Crippen LogP contribution is 2.24. The summed E-state index contributed by atoms with van der Waals surface area (Å²) in [6.07, 6.45) is 5.02. The van der Waals surface area contributed by atoms with Crippen molar-refractivity contribution in [2.45, 2.75) is 39.5 Å². The minimum atomic E-state index is 0.800. The molecule has 1 aliphatic heterocycles. The van der Waals surface area contributed by atoms with E-state index in [1.54, 1.807) is 0 Å². The molecule has 1 N–H and O–H groups in total. The van der Waals surface area contributed by atoms with Crippen LogP contribution in [0.5, 0.6) is 0 Å². The zero-order chi connectivity index (χ0) is 10.7. The Morgan fingerprint density at radius 1 is 1.33 bits per heavy atom. The van der Waals surface area contributed by atoms with E-state index in [-0.39, 0.29) is 0 Å². The van der Waals surface area contributed by atoms with Crippen LogP contribution in [0, 0.1) is 5.92 Å². The van der Waals surface area contributed by atoms with Gasteiger partial charge in [0.05, 0.1) is 0 Å². The van der Waals surface area contributed by atoms with Gasteiger partial charge in [0, 0.05) is 12.2 Å². The van der Waals surface area contributed by atoms with Gasteiger partial charge in [-0.1, -0.05) is 26.0 Å². The Kier molecular flexibility index (Phi) is 3.30. The Balaban J connectivity index is 2.07. The summed E-state index contributed by atoms with van der Waals surface area (Å²) in [5.41, 5.74) is 4.36. The molecule has 0 spiro atoms. The van der Waals surface area contributed by atoms with Gasteiger partial charge in [0.1, 0.15) is 0 Å². The molecule has 15 heavy (non-hydrogen) atoms. The Morgan fingerprint density at radius 2 is 2.20 bits per heavy atom. The average Bonchev–Trinajstić information content (AvgIpc) is 2.26. The second kappa shape index (κ2) is 4.69. The van der Waals surface area contributed by atoms with Gasteiger partial charge in [-0.25, -0.2) is 0 Å². The monoisotopic (exact) mass is 203 g/mol. The van der Waals surface area contributed by atoms with Gasteiger partial charge < -0.3 is 5.32 Å². The third-order valence-corrected chi connectivity index (χ3v) is 3.12. The molecule has 1 aromatic carbocycles. The van der Waals surface area contributed by atoms with E-state index in [1.165, 1.54) is 42.5 Å². The third kappa shape index (κ3) is 2.74. The summed E-state index contributed by atoms with van der Waals surface area (Å²) in [5, 5.41) is 3.49. The second-order valence-electron chi connectivity index (χ2n) is 4.95. The summed E-state index contributed by atoms with van der Waals surface area (Å²) < 4.78 is 0. The fourth-order valence-corrected chi connectivity index (χ4v) is 2.12. The fourth-order valence-electron chi connectivity index (χ4n) is 2.12. The highest BCUT2D eigenvalue weighted by molar-refractivity contribution is 5.54. The smallest absolute Gasteiger partial charge is 0.0375 e. The molecule has 0 aliphatic carbocycles. The molecular weight excluding hydrogens is 182 g/mol. The number of hydrogen-bond acceptors (Lipinski definition) is 1. The van der Waals surface area contributed by atoms with E-state index in [0.29, 0.717) is 0 Å². The summed E-state index contributed by atoms with van der Waals surface area (Å²) in [7, 11) is 0. The molecule has 82 valence electrons. The minimum absolute atomic E-state index is 0.800. The van der Waals surface area contributed by atoms with Crippen LogP contribution in [0.4, 0.5) is 5.69 Å². The lowest BCUT2D eigenvalue weighted by atomic mass is 9.97. The molecule has 0 unspecified atom stereocenters. The topological polar surface area (TPSA) is 12.0 Å². The van der Waals surface area contributed by atoms with Crippen molar-refractivity contribution in [3.8, 4) is 0 Å². The van der Waals surface area contributed by atoms with Crippen LogP contribution in [-0.4, -0.2) is 6.54 Å². The van der Waals surface area contributed by atoms with Crippen molar-refractivity contribution in [2.24, 2.45) is 5.92 Å². The quantitative estimate of drug-likeness (QED) is 0.791. The van der Waals surface area contributed by atoms with Crippen molar-refractivity contribution in [1.29, 1.82) is 0 Å². The lowest BCUT2D eigenvalue weighted by Gasteiger charge is -2.18. The van der Waals surface area contributed by atoms with E-state index in [2.05, 4.69) is 37.4 Å². The zero-order valence-electron chi connectivity index (χ0n) is 9.84. The summed E-state index contributed by atoms with van der Waals surface area (Å²) >= 11 is 0. The molecule has 0 saturated heterocycles. The predicted octanol–water partition coefficient (Wildman–Crippen LogP) is 3.63. The maximum atomic E-state index is 3.49. The maximum Gasteiger partial charge on any atom is 0.0375 e. The molecule has 1 heteroatoms. The molecular formula is C14H21N. The molecule has 1 aliphatic rings. The number of hydrogen-bond donors (Lipinski definition) is 1. The van der Waals surface area contributed by atoms with Crippen LogP contribution in [0.15, 0.2) is 18.2 Å². The first-order chi connectivity index (χ1) is 7.25. The molecule has 0 amide bonds. The lowest BCUT2D eigenvalue weighted by molar-refractivity contribution is 0.586. The summed E-state index contributed by atoms with van der Waals surface area (Å²) in [6, 6.07) is 6.95. The molecule has 0 saturated carbocycles. The molecule has 0 atom stereocenters. The van der Waals surface area contributed by atoms with E-state index < -0.39 is 0 Å². The van der Waals surface area contributed by atoms with E-state index >= 15 is 0 Å². The number of aryl methyl sites for hydroxylation is 2. The molecule has 0 bridgehead atoms. The number of fused-ring (bicyclic) bond motifs is 1. The minimum Gasteiger partial charge on any atom is -0.385 e. The van der Waals surface area contributed by atoms with Crippen molar-refractivity contribution < 1.29 is 0 Å². The molecule has 1 heterocycles. The first kappa shape index (κ1) is 10.5. The normalized spacial score (nSPS) is 14.9. The summed E-state index contributed by atoms with van der Waals surface area (Å²) in [5.74, 6) is 0.800. The zero-order valence-corrected chi connectivity index (χ0v) is 9.84.